The van der Waals surface area contributed by atoms with Crippen LogP contribution in [0.15, 0.2) is 18.2 Å². The van der Waals surface area contributed by atoms with Gasteiger partial charge in [0.05, 0.1) is 23.1 Å². The number of carbonyl (C=O) groups excluding carboxylic acids is 2. The van der Waals surface area contributed by atoms with E-state index in [1.807, 2.05) is 13.0 Å². The van der Waals surface area contributed by atoms with Gasteiger partial charge in [0.25, 0.3) is 11.8 Å². The van der Waals surface area contributed by atoms with Gasteiger partial charge in [0.2, 0.25) is 0 Å². The van der Waals surface area contributed by atoms with Crippen molar-refractivity contribution in [3.05, 3.63) is 34.9 Å². The number of benzene rings is 1. The highest BCUT2D eigenvalue weighted by molar-refractivity contribution is 6.21. The summed E-state index contributed by atoms with van der Waals surface area (Å²) in [6.07, 6.45) is 0. The molecular weight excluding hydrogens is 216 g/mol. The van der Waals surface area contributed by atoms with Crippen LogP contribution in [-0.2, 0) is 0 Å². The van der Waals surface area contributed by atoms with Gasteiger partial charge in [-0.2, -0.15) is 5.26 Å². The van der Waals surface area contributed by atoms with Crippen LogP contribution in [0.1, 0.15) is 33.2 Å². The van der Waals surface area contributed by atoms with Crippen LogP contribution in [0.25, 0.3) is 0 Å². The average molecular weight is 228 g/mol. The zero-order chi connectivity index (χ0) is 12.6. The van der Waals surface area contributed by atoms with E-state index >= 15 is 0 Å². The number of carbonyl (C=O) groups is 2. The Balaban J connectivity index is 2.36. The van der Waals surface area contributed by atoms with E-state index in [1.54, 1.807) is 25.1 Å². The Morgan fingerprint density at radius 3 is 2.59 bits per heavy atom. The normalized spacial score (nSPS) is 15.7. The molecule has 1 aromatic rings. The Hall–Kier alpha value is -2.15. The number of nitriles is 1. The van der Waals surface area contributed by atoms with Crippen molar-refractivity contribution in [1.29, 1.82) is 5.26 Å². The first-order valence-corrected chi connectivity index (χ1v) is 5.41. The molecular formula is C13H12N2O2. The Bertz CT molecular complexity index is 543. The van der Waals surface area contributed by atoms with Crippen molar-refractivity contribution >= 4 is 11.8 Å². The molecule has 2 amide bonds. The SMILES string of the molecule is Cc1ccc2c(c1)C(=O)N(CC(C)C#N)C2=O. The Kier molecular flexibility index (Phi) is 2.68. The number of imide groups is 1. The number of amides is 2. The number of rotatable bonds is 2. The van der Waals surface area contributed by atoms with Gasteiger partial charge >= 0.3 is 0 Å². The quantitative estimate of drug-likeness (QED) is 0.724. The summed E-state index contributed by atoms with van der Waals surface area (Å²) in [6, 6.07) is 7.22. The standard InChI is InChI=1S/C13H12N2O2/c1-8-3-4-10-11(5-8)13(17)15(12(10)16)7-9(2)6-14/h3-5,9H,7H2,1-2H3. The highest BCUT2D eigenvalue weighted by Gasteiger charge is 2.35. The lowest BCUT2D eigenvalue weighted by atomic mass is 10.1. The van der Waals surface area contributed by atoms with Crippen molar-refractivity contribution in [3.63, 3.8) is 0 Å². The minimum atomic E-state index is -0.349. The molecule has 17 heavy (non-hydrogen) atoms. The molecule has 0 aliphatic carbocycles. The molecule has 86 valence electrons. The topological polar surface area (TPSA) is 61.2 Å². The third kappa shape index (κ3) is 1.80. The predicted octanol–water partition coefficient (Wildman–Crippen LogP) is 1.75. The summed E-state index contributed by atoms with van der Waals surface area (Å²) in [6.45, 7) is 3.72. The molecule has 4 heteroatoms. The number of aryl methyl sites for hydroxylation is 1. The van der Waals surface area contributed by atoms with Crippen LogP contribution in [0, 0.1) is 24.2 Å². The van der Waals surface area contributed by atoms with E-state index in [-0.39, 0.29) is 24.3 Å². The van der Waals surface area contributed by atoms with Gasteiger partial charge in [-0.3, -0.25) is 14.5 Å². The molecule has 0 bridgehead atoms. The Morgan fingerprint density at radius 1 is 1.29 bits per heavy atom. The third-order valence-electron chi connectivity index (χ3n) is 2.80. The molecule has 0 radical (unpaired) electrons. The molecule has 0 saturated carbocycles. The molecule has 2 rings (SSSR count). The lowest BCUT2D eigenvalue weighted by molar-refractivity contribution is 0.0643. The Morgan fingerprint density at radius 2 is 1.94 bits per heavy atom. The van der Waals surface area contributed by atoms with Crippen molar-refractivity contribution in [2.45, 2.75) is 13.8 Å². The van der Waals surface area contributed by atoms with Crippen molar-refractivity contribution in [2.24, 2.45) is 5.92 Å². The first-order valence-electron chi connectivity index (χ1n) is 5.41. The zero-order valence-electron chi connectivity index (χ0n) is 9.73. The maximum Gasteiger partial charge on any atom is 0.261 e. The molecule has 4 nitrogen and oxygen atoms in total. The highest BCUT2D eigenvalue weighted by atomic mass is 16.2. The van der Waals surface area contributed by atoms with Crippen LogP contribution in [0.5, 0.6) is 0 Å². The number of fused-ring (bicyclic) bond motifs is 1. The lowest BCUT2D eigenvalue weighted by Gasteiger charge is -2.14. The van der Waals surface area contributed by atoms with Gasteiger partial charge in [0.1, 0.15) is 0 Å². The smallest absolute Gasteiger partial charge is 0.261 e. The predicted molar refractivity (Wildman–Crippen MR) is 61.3 cm³/mol. The lowest BCUT2D eigenvalue weighted by Crippen LogP contribution is -2.33. The van der Waals surface area contributed by atoms with E-state index < -0.39 is 0 Å². The summed E-state index contributed by atoms with van der Waals surface area (Å²) >= 11 is 0. The van der Waals surface area contributed by atoms with Crippen LogP contribution in [0.2, 0.25) is 0 Å². The highest BCUT2D eigenvalue weighted by Crippen LogP contribution is 2.24. The van der Waals surface area contributed by atoms with Crippen molar-refractivity contribution < 1.29 is 9.59 Å². The molecule has 1 heterocycles. The molecule has 1 aliphatic heterocycles. The van der Waals surface area contributed by atoms with E-state index in [2.05, 4.69) is 0 Å². The van der Waals surface area contributed by atoms with Gasteiger partial charge in [0.15, 0.2) is 0 Å². The van der Waals surface area contributed by atoms with Crippen molar-refractivity contribution in [3.8, 4) is 6.07 Å². The van der Waals surface area contributed by atoms with Crippen LogP contribution in [0.3, 0.4) is 0 Å². The van der Waals surface area contributed by atoms with Gasteiger partial charge in [-0.25, -0.2) is 0 Å². The molecule has 0 saturated heterocycles. The number of hydrogen-bond donors (Lipinski definition) is 0. The van der Waals surface area contributed by atoms with Gasteiger partial charge in [-0.1, -0.05) is 11.6 Å². The molecule has 0 fully saturated rings. The minimum Gasteiger partial charge on any atom is -0.273 e. The molecule has 1 aliphatic rings. The summed E-state index contributed by atoms with van der Waals surface area (Å²) in [7, 11) is 0. The minimum absolute atomic E-state index is 0.155. The molecule has 1 unspecified atom stereocenters. The van der Waals surface area contributed by atoms with Crippen LogP contribution in [-0.4, -0.2) is 23.3 Å². The molecule has 0 aromatic heterocycles. The fraction of sp³-hybridized carbons (Fsp3) is 0.308. The van der Waals surface area contributed by atoms with E-state index in [0.717, 1.165) is 10.5 Å². The molecule has 1 atom stereocenters. The van der Waals surface area contributed by atoms with Crippen molar-refractivity contribution in [1.82, 2.24) is 4.90 Å². The van der Waals surface area contributed by atoms with Crippen LogP contribution >= 0.6 is 0 Å². The fourth-order valence-electron chi connectivity index (χ4n) is 1.89. The van der Waals surface area contributed by atoms with E-state index in [1.165, 1.54) is 0 Å². The van der Waals surface area contributed by atoms with Crippen molar-refractivity contribution in [2.75, 3.05) is 6.54 Å². The maximum atomic E-state index is 12.0. The summed E-state index contributed by atoms with van der Waals surface area (Å²) < 4.78 is 0. The first-order chi connectivity index (χ1) is 8.04. The first kappa shape index (κ1) is 11.3. The van der Waals surface area contributed by atoms with Gasteiger partial charge < -0.3 is 0 Å². The zero-order valence-corrected chi connectivity index (χ0v) is 9.73. The molecule has 0 spiro atoms. The monoisotopic (exact) mass is 228 g/mol. The van der Waals surface area contributed by atoms with Crippen LogP contribution < -0.4 is 0 Å². The largest absolute Gasteiger partial charge is 0.273 e. The van der Waals surface area contributed by atoms with Gasteiger partial charge in [0, 0.05) is 6.54 Å². The third-order valence-corrected chi connectivity index (χ3v) is 2.80. The average Bonchev–Trinajstić information content (AvgIpc) is 2.54. The second kappa shape index (κ2) is 4.02. The van der Waals surface area contributed by atoms with E-state index in [9.17, 15) is 9.59 Å². The number of nitrogens with zero attached hydrogens (tertiary/aromatic N) is 2. The summed E-state index contributed by atoms with van der Waals surface area (Å²) in [5.41, 5.74) is 1.82. The van der Waals surface area contributed by atoms with Gasteiger partial charge in [-0.15, -0.1) is 0 Å². The second-order valence-corrected chi connectivity index (χ2v) is 4.30. The Labute approximate surface area is 99.5 Å². The number of hydrogen-bond acceptors (Lipinski definition) is 3. The van der Waals surface area contributed by atoms with E-state index in [4.69, 9.17) is 5.26 Å². The fourth-order valence-corrected chi connectivity index (χ4v) is 1.89. The molecule has 0 N–H and O–H groups in total. The van der Waals surface area contributed by atoms with Crippen LogP contribution in [0.4, 0.5) is 0 Å². The summed E-state index contributed by atoms with van der Waals surface area (Å²) in [5, 5.41) is 8.73. The summed E-state index contributed by atoms with van der Waals surface area (Å²) in [4.78, 5) is 25.1. The van der Waals surface area contributed by atoms with Gasteiger partial charge in [-0.05, 0) is 26.0 Å². The second-order valence-electron chi connectivity index (χ2n) is 4.30. The summed E-state index contributed by atoms with van der Waals surface area (Å²) in [5.74, 6) is -0.943. The maximum absolute atomic E-state index is 12.0. The van der Waals surface area contributed by atoms with E-state index in [0.29, 0.717) is 11.1 Å². The molecule has 1 aromatic carbocycles.